The maximum absolute atomic E-state index is 11.9. The zero-order chi connectivity index (χ0) is 32.4. The zero-order valence-corrected chi connectivity index (χ0v) is 29.6. The number of aryl methyl sites for hydroxylation is 4. The van der Waals surface area contributed by atoms with E-state index in [4.69, 9.17) is 9.97 Å². The molecule has 0 saturated heterocycles. The molecule has 0 spiro atoms. The molecule has 2 aliphatic heterocycles. The van der Waals surface area contributed by atoms with Crippen LogP contribution in [0.15, 0.2) is 24.3 Å². The van der Waals surface area contributed by atoms with Crippen molar-refractivity contribution in [2.45, 2.75) is 107 Å². The summed E-state index contributed by atoms with van der Waals surface area (Å²) >= 11 is 0. The smallest absolute Gasteiger partial charge is 0.478 e. The zero-order valence-electron chi connectivity index (χ0n) is 28.6. The Morgan fingerprint density at radius 3 is 1.24 bits per heavy atom. The van der Waals surface area contributed by atoms with E-state index in [-0.39, 0.29) is 16.5 Å². The minimum atomic E-state index is -0.984. The Morgan fingerprint density at radius 2 is 0.935 bits per heavy atom. The molecule has 46 heavy (non-hydrogen) atoms. The van der Waals surface area contributed by atoms with Gasteiger partial charge in [0.15, 0.2) is 0 Å². The maximum Gasteiger partial charge on any atom is 2.00 e. The Kier molecular flexibility index (Phi) is 11.3. The van der Waals surface area contributed by atoms with Crippen LogP contribution in [0.4, 0.5) is 0 Å². The summed E-state index contributed by atoms with van der Waals surface area (Å²) in [6.45, 7) is 17.6. The summed E-state index contributed by atoms with van der Waals surface area (Å²) in [6.07, 6.45) is 9.89. The van der Waals surface area contributed by atoms with E-state index in [0.29, 0.717) is 0 Å². The van der Waals surface area contributed by atoms with Crippen LogP contribution in [-0.4, -0.2) is 31.0 Å². The SMILES string of the molecule is CCC1=C(CC)c2nc1cc1[nH]c(cc3[nH]c(cc4nc(c2/C=C/C(=O)O)C(CC)=C4CC)c(CC)c3CC)c(CC)c1CC.[Ni+2]. The van der Waals surface area contributed by atoms with Crippen molar-refractivity contribution in [2.24, 2.45) is 0 Å². The number of aromatic amines is 2. The average Bonchev–Trinajstić information content (AvgIpc) is 3.76. The number of hydrogen-bond donors (Lipinski definition) is 3. The first kappa shape index (κ1) is 35.2. The van der Waals surface area contributed by atoms with Crippen LogP contribution in [-0.2, 0) is 47.0 Å². The van der Waals surface area contributed by atoms with Crippen molar-refractivity contribution in [3.05, 3.63) is 74.9 Å². The van der Waals surface area contributed by atoms with E-state index in [9.17, 15) is 9.90 Å². The summed E-state index contributed by atoms with van der Waals surface area (Å²) < 4.78 is 0. The Labute approximate surface area is 283 Å². The Bertz CT molecular complexity index is 1800. The fourth-order valence-corrected chi connectivity index (χ4v) is 7.53. The predicted molar refractivity (Wildman–Crippen MR) is 190 cm³/mol. The van der Waals surface area contributed by atoms with Gasteiger partial charge in [-0.15, -0.1) is 0 Å². The van der Waals surface area contributed by atoms with Gasteiger partial charge in [0, 0.05) is 33.7 Å². The molecule has 0 saturated carbocycles. The molecule has 0 aliphatic carbocycles. The number of aromatic nitrogens is 4. The van der Waals surface area contributed by atoms with E-state index in [1.165, 1.54) is 39.5 Å². The summed E-state index contributed by atoms with van der Waals surface area (Å²) in [6, 6.07) is 6.74. The number of nitrogens with one attached hydrogen (secondary N) is 2. The normalized spacial score (nSPS) is 13.2. The number of carboxylic acids is 1. The van der Waals surface area contributed by atoms with E-state index in [1.807, 2.05) is 0 Å². The van der Waals surface area contributed by atoms with Crippen LogP contribution in [0.2, 0.25) is 0 Å². The molecular formula is C39H48N4NiO2+2. The first-order valence-electron chi connectivity index (χ1n) is 17.0. The molecule has 0 amide bonds. The van der Waals surface area contributed by atoms with Gasteiger partial charge in [0.2, 0.25) is 0 Å². The molecule has 0 fully saturated rings. The van der Waals surface area contributed by atoms with Crippen molar-refractivity contribution in [3.8, 4) is 0 Å². The van der Waals surface area contributed by atoms with E-state index in [1.54, 1.807) is 6.08 Å². The second-order valence-corrected chi connectivity index (χ2v) is 11.8. The van der Waals surface area contributed by atoms with Crippen molar-refractivity contribution in [1.29, 1.82) is 0 Å². The summed E-state index contributed by atoms with van der Waals surface area (Å²) in [7, 11) is 0. The number of fused-ring (bicyclic) bond motifs is 8. The molecule has 6 nitrogen and oxygen atoms in total. The van der Waals surface area contributed by atoms with Crippen molar-refractivity contribution in [3.63, 3.8) is 0 Å². The third-order valence-electron chi connectivity index (χ3n) is 9.53. The molecule has 0 radical (unpaired) electrons. The topological polar surface area (TPSA) is 94.7 Å². The van der Waals surface area contributed by atoms with Gasteiger partial charge in [0.1, 0.15) is 0 Å². The summed E-state index contributed by atoms with van der Waals surface area (Å²) in [5.74, 6) is -0.984. The number of carbonyl (C=O) groups is 1. The molecule has 5 heterocycles. The van der Waals surface area contributed by atoms with Crippen molar-refractivity contribution in [2.75, 3.05) is 0 Å². The van der Waals surface area contributed by atoms with Crippen LogP contribution in [0.5, 0.6) is 0 Å². The molecule has 244 valence electrons. The van der Waals surface area contributed by atoms with Gasteiger partial charge in [0.25, 0.3) is 0 Å². The third kappa shape index (κ3) is 6.07. The average molecular weight is 664 g/mol. The summed E-state index contributed by atoms with van der Waals surface area (Å²) in [5, 5.41) is 9.74. The predicted octanol–water partition coefficient (Wildman–Crippen LogP) is 10.1. The summed E-state index contributed by atoms with van der Waals surface area (Å²) in [5.41, 5.74) is 18.9. The van der Waals surface area contributed by atoms with Crippen LogP contribution in [0.25, 0.3) is 50.4 Å². The second-order valence-electron chi connectivity index (χ2n) is 11.8. The monoisotopic (exact) mass is 662 g/mol. The number of aliphatic carboxylic acids is 1. The molecule has 7 heteroatoms. The van der Waals surface area contributed by atoms with Gasteiger partial charge < -0.3 is 15.1 Å². The van der Waals surface area contributed by atoms with Gasteiger partial charge >= 0.3 is 22.5 Å². The minimum absolute atomic E-state index is 0. The molecular weight excluding hydrogens is 615 g/mol. The van der Waals surface area contributed by atoms with Crippen molar-refractivity contribution >= 4 is 56.4 Å². The number of carboxylic acid groups (broad SMARTS) is 1. The first-order valence-corrected chi connectivity index (χ1v) is 17.0. The van der Waals surface area contributed by atoms with Gasteiger partial charge in [-0.3, -0.25) is 0 Å². The Balaban J connectivity index is 0.00000480. The molecule has 8 bridgehead atoms. The summed E-state index contributed by atoms with van der Waals surface area (Å²) in [4.78, 5) is 30.1. The molecule has 3 aromatic rings. The molecule has 2 aliphatic rings. The van der Waals surface area contributed by atoms with Crippen LogP contribution in [0, 0.1) is 0 Å². The van der Waals surface area contributed by atoms with E-state index >= 15 is 0 Å². The van der Waals surface area contributed by atoms with Crippen LogP contribution < -0.4 is 0 Å². The first-order chi connectivity index (χ1) is 21.8. The Hall–Kier alpha value is -3.70. The van der Waals surface area contributed by atoms with Gasteiger partial charge in [-0.2, -0.15) is 0 Å². The Morgan fingerprint density at radius 1 is 0.587 bits per heavy atom. The molecule has 3 aromatic heterocycles. The third-order valence-corrected chi connectivity index (χ3v) is 9.53. The number of nitrogens with zero attached hydrogens (tertiary/aromatic N) is 2. The quantitative estimate of drug-likeness (QED) is 0.149. The van der Waals surface area contributed by atoms with Gasteiger partial charge in [-0.25, -0.2) is 14.8 Å². The van der Waals surface area contributed by atoms with Gasteiger partial charge in [-0.05, 0) is 120 Å². The number of allylic oxidation sites excluding steroid dienone is 4. The van der Waals surface area contributed by atoms with Gasteiger partial charge in [-0.1, -0.05) is 55.4 Å². The fourth-order valence-electron chi connectivity index (χ4n) is 7.53. The minimum Gasteiger partial charge on any atom is -0.478 e. The number of H-pyrrole nitrogens is 2. The fraction of sp³-hybridized carbons (Fsp3) is 0.410. The second kappa shape index (κ2) is 14.8. The molecule has 0 aromatic carbocycles. The molecule has 0 atom stereocenters. The van der Waals surface area contributed by atoms with Crippen molar-refractivity contribution < 1.29 is 26.4 Å². The standard InChI is InChI=1S/C39H48N4O2.Ni/c1-9-22-24(11-3)33-20-35-26(13-5)28(15-7)38(42-35)30(17-18-37(44)45)39-29(16-8)27(14-6)36(43-39)21-34-25(12-4)23(10-2)32(41-34)19-31(22)40-33;/h17-21,40-41H,9-16H2,1-8H3,(H,44,45);/q;+2/b18-17+,31-19?,32-19?,33-20?,34-21?,35-20?,36-21?,38-30?,39-30?;. The van der Waals surface area contributed by atoms with E-state index in [2.05, 4.69) is 83.6 Å². The molecule has 0 unspecified atom stereocenters. The van der Waals surface area contributed by atoms with E-state index < -0.39 is 5.97 Å². The van der Waals surface area contributed by atoms with Crippen LogP contribution >= 0.6 is 0 Å². The van der Waals surface area contributed by atoms with Crippen LogP contribution in [0.3, 0.4) is 0 Å². The van der Waals surface area contributed by atoms with Crippen molar-refractivity contribution in [1.82, 2.24) is 19.9 Å². The molecule has 5 rings (SSSR count). The van der Waals surface area contributed by atoms with Gasteiger partial charge in [0.05, 0.1) is 22.8 Å². The largest absolute Gasteiger partial charge is 2.00 e. The maximum atomic E-state index is 11.9. The number of hydrogen-bond acceptors (Lipinski definition) is 3. The van der Waals surface area contributed by atoms with Crippen LogP contribution in [0.1, 0.15) is 132 Å². The van der Waals surface area contributed by atoms with E-state index in [0.717, 1.165) is 113 Å². The number of rotatable bonds is 10. The molecule has 3 N–H and O–H groups in total.